The predicted molar refractivity (Wildman–Crippen MR) is 87.7 cm³/mol. The van der Waals surface area contributed by atoms with Gasteiger partial charge in [-0.05, 0) is 49.3 Å². The average molecular weight is 290 g/mol. The monoisotopic (exact) mass is 290 g/mol. The Morgan fingerprint density at radius 2 is 1.81 bits per heavy atom. The molecule has 2 heteroatoms. The van der Waals surface area contributed by atoms with Gasteiger partial charge in [0, 0.05) is 0 Å². The number of ether oxygens (including phenoxy) is 1. The quantitative estimate of drug-likeness (QED) is 0.701. The van der Waals surface area contributed by atoms with E-state index in [9.17, 15) is 5.11 Å². The van der Waals surface area contributed by atoms with E-state index in [0.29, 0.717) is 5.92 Å². The molecule has 0 heterocycles. The van der Waals surface area contributed by atoms with Crippen molar-refractivity contribution in [1.82, 2.24) is 0 Å². The summed E-state index contributed by atoms with van der Waals surface area (Å²) in [6.45, 7) is 3.05. The summed E-state index contributed by atoms with van der Waals surface area (Å²) in [7, 11) is 0. The lowest BCUT2D eigenvalue weighted by atomic mass is 9.82. The Hall–Kier alpha value is -1.02. The van der Waals surface area contributed by atoms with Crippen molar-refractivity contribution in [3.05, 3.63) is 29.8 Å². The smallest absolute Gasteiger partial charge is 0.119 e. The summed E-state index contributed by atoms with van der Waals surface area (Å²) in [5.41, 5.74) is 1.32. The molecule has 21 heavy (non-hydrogen) atoms. The Morgan fingerprint density at radius 1 is 1.05 bits per heavy atom. The Balaban J connectivity index is 1.73. The maximum atomic E-state index is 10.0. The van der Waals surface area contributed by atoms with Crippen LogP contribution in [0.4, 0.5) is 0 Å². The van der Waals surface area contributed by atoms with E-state index in [2.05, 4.69) is 31.2 Å². The van der Waals surface area contributed by atoms with Gasteiger partial charge in [0.25, 0.3) is 0 Å². The second-order valence-electron chi connectivity index (χ2n) is 6.37. The largest absolute Gasteiger partial charge is 0.494 e. The Bertz CT molecular complexity index is 385. The second-order valence-corrected chi connectivity index (χ2v) is 6.37. The molecule has 0 spiro atoms. The lowest BCUT2D eigenvalue weighted by Crippen LogP contribution is -2.26. The van der Waals surface area contributed by atoms with Gasteiger partial charge in [0.2, 0.25) is 0 Å². The van der Waals surface area contributed by atoms with Gasteiger partial charge in [-0.3, -0.25) is 0 Å². The van der Waals surface area contributed by atoms with Gasteiger partial charge < -0.3 is 9.84 Å². The van der Waals surface area contributed by atoms with Gasteiger partial charge in [0.05, 0.1) is 12.7 Å². The van der Waals surface area contributed by atoms with Crippen LogP contribution in [-0.2, 0) is 6.42 Å². The van der Waals surface area contributed by atoms with E-state index >= 15 is 0 Å². The first-order valence-corrected chi connectivity index (χ1v) is 8.69. The van der Waals surface area contributed by atoms with E-state index in [0.717, 1.165) is 38.0 Å². The summed E-state index contributed by atoms with van der Waals surface area (Å²) >= 11 is 0. The highest BCUT2D eigenvalue weighted by molar-refractivity contribution is 5.27. The van der Waals surface area contributed by atoms with Crippen LogP contribution in [0.15, 0.2) is 24.3 Å². The third-order valence-corrected chi connectivity index (χ3v) is 4.56. The Labute approximate surface area is 129 Å². The molecule has 1 aromatic carbocycles. The highest BCUT2D eigenvalue weighted by Gasteiger charge is 2.22. The standard InChI is InChI=1S/C19H30O2/c1-2-3-4-7-14-21-18-12-10-16(11-13-18)15-17-8-5-6-9-19(17)20/h10-13,17,19-20H,2-9,14-15H2,1H3. The molecule has 0 aliphatic heterocycles. The lowest BCUT2D eigenvalue weighted by molar-refractivity contribution is 0.0700. The minimum absolute atomic E-state index is 0.103. The molecule has 0 aromatic heterocycles. The topological polar surface area (TPSA) is 29.5 Å². The zero-order valence-electron chi connectivity index (χ0n) is 13.4. The van der Waals surface area contributed by atoms with E-state index in [4.69, 9.17) is 4.74 Å². The summed E-state index contributed by atoms with van der Waals surface area (Å²) < 4.78 is 5.77. The van der Waals surface area contributed by atoms with Crippen LogP contribution in [0.3, 0.4) is 0 Å². The fourth-order valence-electron chi connectivity index (χ4n) is 3.17. The first-order chi connectivity index (χ1) is 10.3. The molecule has 1 N–H and O–H groups in total. The van der Waals surface area contributed by atoms with Gasteiger partial charge in [0.15, 0.2) is 0 Å². The van der Waals surface area contributed by atoms with Crippen molar-refractivity contribution in [1.29, 1.82) is 0 Å². The second kappa shape index (κ2) is 9.09. The van der Waals surface area contributed by atoms with Crippen molar-refractivity contribution in [2.45, 2.75) is 70.8 Å². The van der Waals surface area contributed by atoms with Crippen LogP contribution in [0.25, 0.3) is 0 Å². The molecule has 2 nitrogen and oxygen atoms in total. The van der Waals surface area contributed by atoms with Crippen molar-refractivity contribution in [2.75, 3.05) is 6.61 Å². The molecule has 1 aromatic rings. The molecule has 0 amide bonds. The molecule has 0 bridgehead atoms. The van der Waals surface area contributed by atoms with Crippen molar-refractivity contribution >= 4 is 0 Å². The molecule has 1 aliphatic carbocycles. The minimum atomic E-state index is -0.103. The summed E-state index contributed by atoms with van der Waals surface area (Å²) in [4.78, 5) is 0. The van der Waals surface area contributed by atoms with Gasteiger partial charge >= 0.3 is 0 Å². The van der Waals surface area contributed by atoms with E-state index in [1.165, 1.54) is 37.7 Å². The number of hydrogen-bond acceptors (Lipinski definition) is 2. The number of hydrogen-bond donors (Lipinski definition) is 1. The SMILES string of the molecule is CCCCCCOc1ccc(CC2CCCCC2O)cc1. The number of rotatable bonds is 8. The van der Waals surface area contributed by atoms with Crippen LogP contribution >= 0.6 is 0 Å². The van der Waals surface area contributed by atoms with Crippen molar-refractivity contribution < 1.29 is 9.84 Å². The van der Waals surface area contributed by atoms with Crippen molar-refractivity contribution in [3.8, 4) is 5.75 Å². The number of aliphatic hydroxyl groups is 1. The summed E-state index contributed by atoms with van der Waals surface area (Å²) in [6, 6.07) is 8.46. The molecule has 2 rings (SSSR count). The first kappa shape index (κ1) is 16.4. The molecular weight excluding hydrogens is 260 g/mol. The first-order valence-electron chi connectivity index (χ1n) is 8.69. The summed E-state index contributed by atoms with van der Waals surface area (Å²) in [5, 5.41) is 10.0. The molecule has 1 aliphatic rings. The molecule has 2 atom stereocenters. The number of aliphatic hydroxyl groups excluding tert-OH is 1. The van der Waals surface area contributed by atoms with Crippen LogP contribution in [0.5, 0.6) is 5.75 Å². The summed E-state index contributed by atoms with van der Waals surface area (Å²) in [6.07, 6.45) is 10.4. The number of benzene rings is 1. The molecular formula is C19H30O2. The lowest BCUT2D eigenvalue weighted by Gasteiger charge is -2.27. The zero-order valence-corrected chi connectivity index (χ0v) is 13.4. The molecule has 118 valence electrons. The highest BCUT2D eigenvalue weighted by atomic mass is 16.5. The maximum absolute atomic E-state index is 10.0. The van der Waals surface area contributed by atoms with Gasteiger partial charge in [0.1, 0.15) is 5.75 Å². The average Bonchev–Trinajstić information content (AvgIpc) is 2.51. The van der Waals surface area contributed by atoms with Gasteiger partial charge in [-0.1, -0.05) is 51.2 Å². The van der Waals surface area contributed by atoms with Gasteiger partial charge in [-0.2, -0.15) is 0 Å². The minimum Gasteiger partial charge on any atom is -0.494 e. The van der Waals surface area contributed by atoms with Crippen LogP contribution in [0.1, 0.15) is 63.9 Å². The summed E-state index contributed by atoms with van der Waals surface area (Å²) in [5.74, 6) is 1.42. The fraction of sp³-hybridized carbons (Fsp3) is 0.684. The van der Waals surface area contributed by atoms with Crippen molar-refractivity contribution in [2.24, 2.45) is 5.92 Å². The molecule has 1 fully saturated rings. The van der Waals surface area contributed by atoms with Crippen LogP contribution < -0.4 is 4.74 Å². The van der Waals surface area contributed by atoms with Crippen LogP contribution in [0.2, 0.25) is 0 Å². The van der Waals surface area contributed by atoms with Gasteiger partial charge in [-0.25, -0.2) is 0 Å². The molecule has 0 radical (unpaired) electrons. The van der Waals surface area contributed by atoms with Crippen LogP contribution in [0, 0.1) is 5.92 Å². The fourth-order valence-corrected chi connectivity index (χ4v) is 3.17. The van der Waals surface area contributed by atoms with E-state index in [1.54, 1.807) is 0 Å². The third kappa shape index (κ3) is 5.70. The Morgan fingerprint density at radius 3 is 2.52 bits per heavy atom. The highest BCUT2D eigenvalue weighted by Crippen LogP contribution is 2.28. The molecule has 0 saturated heterocycles. The van der Waals surface area contributed by atoms with E-state index in [-0.39, 0.29) is 6.10 Å². The molecule has 2 unspecified atom stereocenters. The molecule has 1 saturated carbocycles. The van der Waals surface area contributed by atoms with Crippen molar-refractivity contribution in [3.63, 3.8) is 0 Å². The predicted octanol–water partition coefficient (Wildman–Crippen LogP) is 4.74. The normalized spacial score (nSPS) is 22.2. The number of unbranched alkanes of at least 4 members (excludes halogenated alkanes) is 3. The zero-order chi connectivity index (χ0) is 14.9. The van der Waals surface area contributed by atoms with E-state index in [1.807, 2.05) is 0 Å². The van der Waals surface area contributed by atoms with Crippen LogP contribution in [-0.4, -0.2) is 17.8 Å². The third-order valence-electron chi connectivity index (χ3n) is 4.56. The van der Waals surface area contributed by atoms with Gasteiger partial charge in [-0.15, -0.1) is 0 Å². The Kier molecular flexibility index (Phi) is 7.08. The maximum Gasteiger partial charge on any atom is 0.119 e. The van der Waals surface area contributed by atoms with E-state index < -0.39 is 0 Å².